The van der Waals surface area contributed by atoms with Gasteiger partial charge in [0.05, 0.1) is 0 Å². The second-order valence-corrected chi connectivity index (χ2v) is 7.16. The van der Waals surface area contributed by atoms with Gasteiger partial charge in [-0.3, -0.25) is 4.21 Å². The molecular weight excluding hydrogens is 317 g/mol. The summed E-state index contributed by atoms with van der Waals surface area (Å²) in [6.07, 6.45) is 2.54. The Labute approximate surface area is 119 Å². The molecule has 1 aromatic carbocycles. The van der Waals surface area contributed by atoms with E-state index in [1.807, 2.05) is 19.9 Å². The highest BCUT2D eigenvalue weighted by Crippen LogP contribution is 2.20. The molecule has 0 aliphatic carbocycles. The van der Waals surface area contributed by atoms with Crippen LogP contribution in [0.1, 0.15) is 31.9 Å². The lowest BCUT2D eigenvalue weighted by atomic mass is 10.1. The van der Waals surface area contributed by atoms with Crippen molar-refractivity contribution >= 4 is 26.7 Å². The molecule has 18 heavy (non-hydrogen) atoms. The molecule has 0 saturated heterocycles. The molecule has 0 aromatic heterocycles. The quantitative estimate of drug-likeness (QED) is 0.863. The largest absolute Gasteiger partial charge is 0.310 e. The summed E-state index contributed by atoms with van der Waals surface area (Å²) in [6, 6.07) is 5.03. The summed E-state index contributed by atoms with van der Waals surface area (Å²) < 4.78 is 25.6. The van der Waals surface area contributed by atoms with Crippen molar-refractivity contribution in [2.24, 2.45) is 0 Å². The minimum absolute atomic E-state index is 0.0457. The number of nitrogens with one attached hydrogen (secondary N) is 1. The minimum atomic E-state index is -0.797. The van der Waals surface area contributed by atoms with E-state index in [0.717, 1.165) is 17.4 Å². The van der Waals surface area contributed by atoms with Crippen LogP contribution in [0.15, 0.2) is 22.7 Å². The molecule has 1 N–H and O–H groups in total. The zero-order valence-electron chi connectivity index (χ0n) is 10.9. The molecule has 0 bridgehead atoms. The summed E-state index contributed by atoms with van der Waals surface area (Å²) in [6.45, 7) is 4.62. The van der Waals surface area contributed by atoms with Crippen LogP contribution in [0, 0.1) is 5.82 Å². The second-order valence-electron chi connectivity index (χ2n) is 4.44. The molecule has 0 radical (unpaired) electrons. The van der Waals surface area contributed by atoms with E-state index in [2.05, 4.69) is 21.2 Å². The molecule has 5 heteroatoms. The van der Waals surface area contributed by atoms with Gasteiger partial charge in [0.25, 0.3) is 0 Å². The van der Waals surface area contributed by atoms with Gasteiger partial charge in [-0.2, -0.15) is 0 Å². The van der Waals surface area contributed by atoms with E-state index in [1.54, 1.807) is 12.3 Å². The van der Waals surface area contributed by atoms with E-state index < -0.39 is 10.8 Å². The van der Waals surface area contributed by atoms with Crippen molar-refractivity contribution in [1.29, 1.82) is 0 Å². The first-order valence-electron chi connectivity index (χ1n) is 5.92. The third-order valence-electron chi connectivity index (χ3n) is 3.00. The van der Waals surface area contributed by atoms with Gasteiger partial charge in [0.15, 0.2) is 0 Å². The molecule has 1 rings (SSSR count). The van der Waals surface area contributed by atoms with Gasteiger partial charge in [-0.1, -0.05) is 28.9 Å². The van der Waals surface area contributed by atoms with Crippen LogP contribution in [0.3, 0.4) is 0 Å². The zero-order chi connectivity index (χ0) is 13.7. The summed E-state index contributed by atoms with van der Waals surface area (Å²) in [5, 5.41) is 3.42. The normalized spacial score (nSPS) is 16.3. The highest BCUT2D eigenvalue weighted by Gasteiger charge is 2.12. The van der Waals surface area contributed by atoms with Gasteiger partial charge in [-0.25, -0.2) is 4.39 Å². The molecule has 0 saturated carbocycles. The van der Waals surface area contributed by atoms with Gasteiger partial charge in [-0.05, 0) is 32.0 Å². The fourth-order valence-corrected chi connectivity index (χ4v) is 2.41. The van der Waals surface area contributed by atoms with Gasteiger partial charge >= 0.3 is 0 Å². The number of benzene rings is 1. The van der Waals surface area contributed by atoms with E-state index in [0.29, 0.717) is 5.56 Å². The molecule has 0 spiro atoms. The maximum absolute atomic E-state index is 13.7. The van der Waals surface area contributed by atoms with Crippen molar-refractivity contribution in [2.75, 3.05) is 12.8 Å². The average molecular weight is 336 g/mol. The van der Waals surface area contributed by atoms with E-state index >= 15 is 0 Å². The first kappa shape index (κ1) is 15.8. The molecule has 0 aliphatic rings. The maximum atomic E-state index is 13.7. The molecule has 102 valence electrons. The lowest BCUT2D eigenvalue weighted by molar-refractivity contribution is 0.519. The summed E-state index contributed by atoms with van der Waals surface area (Å²) in [5.74, 6) is -0.212. The molecule has 3 atom stereocenters. The molecule has 3 unspecified atom stereocenters. The Balaban J connectivity index is 2.50. The monoisotopic (exact) mass is 335 g/mol. The Morgan fingerprint density at radius 3 is 2.67 bits per heavy atom. The molecule has 0 aliphatic heterocycles. The third kappa shape index (κ3) is 4.78. The molecule has 0 amide bonds. The van der Waals surface area contributed by atoms with Gasteiger partial charge in [0, 0.05) is 38.4 Å². The lowest BCUT2D eigenvalue weighted by Gasteiger charge is -2.16. The Morgan fingerprint density at radius 1 is 1.44 bits per heavy atom. The Hall–Kier alpha value is -0.260. The van der Waals surface area contributed by atoms with Crippen LogP contribution in [0.2, 0.25) is 0 Å². The summed E-state index contributed by atoms with van der Waals surface area (Å²) in [4.78, 5) is 0. The first-order chi connectivity index (χ1) is 8.41. The predicted molar refractivity (Wildman–Crippen MR) is 78.7 cm³/mol. The standard InChI is InChI=1S/C13H19BrFNOS/c1-9(18(3)17)6-7-16-10(2)12-5-4-11(14)8-13(12)15/h4-5,8-10,16H,6-7H2,1-3H3. The Kier molecular flexibility index (Phi) is 6.46. The van der Waals surface area contributed by atoms with Crippen LogP contribution in [0.5, 0.6) is 0 Å². The van der Waals surface area contributed by atoms with E-state index in [4.69, 9.17) is 0 Å². The second kappa shape index (κ2) is 7.36. The van der Waals surface area contributed by atoms with E-state index in [-0.39, 0.29) is 17.1 Å². The Bertz CT molecular complexity index is 427. The minimum Gasteiger partial charge on any atom is -0.310 e. The van der Waals surface area contributed by atoms with Crippen molar-refractivity contribution < 1.29 is 8.60 Å². The first-order valence-corrected chi connectivity index (χ1v) is 8.33. The SMILES string of the molecule is CC(NCCC(C)S(C)=O)c1ccc(Br)cc1F. The number of hydrogen-bond acceptors (Lipinski definition) is 2. The van der Waals surface area contributed by atoms with Crippen molar-refractivity contribution in [3.05, 3.63) is 34.1 Å². The average Bonchev–Trinajstić information content (AvgIpc) is 2.28. The van der Waals surface area contributed by atoms with Crippen LogP contribution in [-0.4, -0.2) is 22.3 Å². The number of hydrogen-bond donors (Lipinski definition) is 1. The summed E-state index contributed by atoms with van der Waals surface area (Å²) >= 11 is 3.24. The van der Waals surface area contributed by atoms with Crippen molar-refractivity contribution in [3.63, 3.8) is 0 Å². The number of halogens is 2. The lowest BCUT2D eigenvalue weighted by Crippen LogP contribution is -2.24. The highest BCUT2D eigenvalue weighted by atomic mass is 79.9. The van der Waals surface area contributed by atoms with Crippen LogP contribution >= 0.6 is 15.9 Å². The van der Waals surface area contributed by atoms with Gasteiger partial charge in [-0.15, -0.1) is 0 Å². The Morgan fingerprint density at radius 2 is 2.11 bits per heavy atom. The van der Waals surface area contributed by atoms with E-state index in [9.17, 15) is 8.60 Å². The third-order valence-corrected chi connectivity index (χ3v) is 4.86. The van der Waals surface area contributed by atoms with Crippen LogP contribution in [-0.2, 0) is 10.8 Å². The van der Waals surface area contributed by atoms with Crippen LogP contribution < -0.4 is 5.32 Å². The van der Waals surface area contributed by atoms with Gasteiger partial charge < -0.3 is 5.32 Å². The molecule has 0 heterocycles. The smallest absolute Gasteiger partial charge is 0.129 e. The van der Waals surface area contributed by atoms with E-state index in [1.165, 1.54) is 6.07 Å². The highest BCUT2D eigenvalue weighted by molar-refractivity contribution is 9.10. The molecule has 1 aromatic rings. The van der Waals surface area contributed by atoms with Crippen LogP contribution in [0.25, 0.3) is 0 Å². The fraction of sp³-hybridized carbons (Fsp3) is 0.538. The molecular formula is C13H19BrFNOS. The summed E-state index contributed by atoms with van der Waals surface area (Å²) in [5.41, 5.74) is 0.656. The van der Waals surface area contributed by atoms with Crippen molar-refractivity contribution in [1.82, 2.24) is 5.32 Å². The summed E-state index contributed by atoms with van der Waals surface area (Å²) in [7, 11) is -0.797. The number of rotatable bonds is 6. The molecule has 2 nitrogen and oxygen atoms in total. The van der Waals surface area contributed by atoms with Crippen molar-refractivity contribution in [2.45, 2.75) is 31.6 Å². The van der Waals surface area contributed by atoms with Gasteiger partial charge in [0.1, 0.15) is 5.82 Å². The predicted octanol–water partition coefficient (Wildman–Crippen LogP) is 3.40. The topological polar surface area (TPSA) is 29.1 Å². The van der Waals surface area contributed by atoms with Crippen molar-refractivity contribution in [3.8, 4) is 0 Å². The zero-order valence-corrected chi connectivity index (χ0v) is 13.3. The fourth-order valence-electron chi connectivity index (χ4n) is 1.63. The molecule has 0 fully saturated rings. The maximum Gasteiger partial charge on any atom is 0.129 e. The van der Waals surface area contributed by atoms with Crippen LogP contribution in [0.4, 0.5) is 4.39 Å². The van der Waals surface area contributed by atoms with Gasteiger partial charge in [0.2, 0.25) is 0 Å².